The van der Waals surface area contributed by atoms with E-state index in [2.05, 4.69) is 22.2 Å². The van der Waals surface area contributed by atoms with E-state index in [9.17, 15) is 0 Å². The van der Waals surface area contributed by atoms with Crippen LogP contribution in [0.3, 0.4) is 0 Å². The summed E-state index contributed by atoms with van der Waals surface area (Å²) < 4.78 is 5.68. The number of hydrogen-bond donors (Lipinski definition) is 1. The quantitative estimate of drug-likeness (QED) is 0.819. The Morgan fingerprint density at radius 1 is 1.15 bits per heavy atom. The fourth-order valence-corrected chi connectivity index (χ4v) is 4.37. The summed E-state index contributed by atoms with van der Waals surface area (Å²) in [5, 5.41) is 3.38. The van der Waals surface area contributed by atoms with Gasteiger partial charge in [0.15, 0.2) is 0 Å². The van der Waals surface area contributed by atoms with E-state index < -0.39 is 0 Å². The number of ether oxygens (including phenoxy) is 1. The summed E-state index contributed by atoms with van der Waals surface area (Å²) in [6.45, 7) is 9.26. The highest BCUT2D eigenvalue weighted by Crippen LogP contribution is 2.30. The molecule has 0 aromatic carbocycles. The van der Waals surface area contributed by atoms with Crippen LogP contribution in [0, 0.1) is 5.41 Å². The average Bonchev–Trinajstić information content (AvgIpc) is 3.12. The van der Waals surface area contributed by atoms with Crippen molar-refractivity contribution in [2.45, 2.75) is 38.1 Å². The minimum absolute atomic E-state index is 0.365. The first kappa shape index (κ1) is 14.8. The van der Waals surface area contributed by atoms with Crippen LogP contribution in [0.2, 0.25) is 0 Å². The minimum atomic E-state index is 0.365. The molecule has 0 radical (unpaired) electrons. The fourth-order valence-electron chi connectivity index (χ4n) is 4.37. The van der Waals surface area contributed by atoms with Gasteiger partial charge in [-0.3, -0.25) is 4.90 Å². The van der Waals surface area contributed by atoms with E-state index in [1.807, 2.05) is 0 Å². The minimum Gasteiger partial charge on any atom is -0.381 e. The SMILES string of the molecule is CNCC1(CN2CCN(C3CCCC3)CC2)CCOC1. The molecule has 1 N–H and O–H groups in total. The van der Waals surface area contributed by atoms with Gasteiger partial charge in [-0.05, 0) is 26.3 Å². The van der Waals surface area contributed by atoms with Crippen molar-refractivity contribution in [3.8, 4) is 0 Å². The van der Waals surface area contributed by atoms with Gasteiger partial charge in [-0.25, -0.2) is 0 Å². The Labute approximate surface area is 123 Å². The van der Waals surface area contributed by atoms with Crippen LogP contribution in [0.25, 0.3) is 0 Å². The summed E-state index contributed by atoms with van der Waals surface area (Å²) in [5.74, 6) is 0. The number of nitrogens with zero attached hydrogens (tertiary/aromatic N) is 2. The molecule has 4 nitrogen and oxygen atoms in total. The molecule has 0 aromatic rings. The first-order valence-corrected chi connectivity index (χ1v) is 8.50. The molecule has 0 spiro atoms. The van der Waals surface area contributed by atoms with Crippen molar-refractivity contribution in [2.24, 2.45) is 5.41 Å². The van der Waals surface area contributed by atoms with Crippen LogP contribution >= 0.6 is 0 Å². The highest BCUT2D eigenvalue weighted by atomic mass is 16.5. The molecular weight excluding hydrogens is 250 g/mol. The summed E-state index contributed by atoms with van der Waals surface area (Å²) in [7, 11) is 2.07. The largest absolute Gasteiger partial charge is 0.381 e. The highest BCUT2D eigenvalue weighted by Gasteiger charge is 2.37. The smallest absolute Gasteiger partial charge is 0.0547 e. The normalized spacial score (nSPS) is 34.0. The van der Waals surface area contributed by atoms with Gasteiger partial charge in [-0.2, -0.15) is 0 Å². The lowest BCUT2D eigenvalue weighted by Crippen LogP contribution is -2.53. The lowest BCUT2D eigenvalue weighted by Gasteiger charge is -2.41. The summed E-state index contributed by atoms with van der Waals surface area (Å²) in [6.07, 6.45) is 7.01. The second-order valence-corrected chi connectivity index (χ2v) is 7.08. The zero-order valence-electron chi connectivity index (χ0n) is 13.1. The van der Waals surface area contributed by atoms with Gasteiger partial charge in [0, 0.05) is 57.3 Å². The molecule has 2 saturated heterocycles. The average molecular weight is 281 g/mol. The van der Waals surface area contributed by atoms with E-state index in [1.165, 1.54) is 64.8 Å². The topological polar surface area (TPSA) is 27.7 Å². The van der Waals surface area contributed by atoms with Crippen LogP contribution in [-0.2, 0) is 4.74 Å². The molecule has 0 amide bonds. The van der Waals surface area contributed by atoms with E-state index in [4.69, 9.17) is 4.74 Å². The fraction of sp³-hybridized carbons (Fsp3) is 1.00. The zero-order valence-corrected chi connectivity index (χ0v) is 13.1. The molecule has 3 aliphatic rings. The van der Waals surface area contributed by atoms with E-state index in [-0.39, 0.29) is 0 Å². The molecule has 3 fully saturated rings. The highest BCUT2D eigenvalue weighted by molar-refractivity contribution is 4.90. The Kier molecular flexibility index (Phi) is 4.97. The molecule has 0 aromatic heterocycles. The second-order valence-electron chi connectivity index (χ2n) is 7.08. The van der Waals surface area contributed by atoms with Gasteiger partial charge in [0.05, 0.1) is 6.61 Å². The first-order chi connectivity index (χ1) is 9.81. The molecule has 116 valence electrons. The standard InChI is InChI=1S/C16H31N3O/c1-17-12-16(6-11-20-14-16)13-18-7-9-19(10-8-18)15-4-2-3-5-15/h15,17H,2-14H2,1H3. The van der Waals surface area contributed by atoms with Gasteiger partial charge in [0.25, 0.3) is 0 Å². The third-order valence-electron chi connectivity index (χ3n) is 5.54. The van der Waals surface area contributed by atoms with E-state index >= 15 is 0 Å². The van der Waals surface area contributed by atoms with Crippen molar-refractivity contribution >= 4 is 0 Å². The van der Waals surface area contributed by atoms with Crippen LogP contribution < -0.4 is 5.32 Å². The zero-order chi connectivity index (χ0) is 13.8. The summed E-state index contributed by atoms with van der Waals surface area (Å²) >= 11 is 0. The molecule has 1 atom stereocenters. The van der Waals surface area contributed by atoms with E-state index in [0.717, 1.165) is 25.8 Å². The third kappa shape index (κ3) is 3.35. The Balaban J connectivity index is 1.47. The Hall–Kier alpha value is -0.160. The van der Waals surface area contributed by atoms with Gasteiger partial charge >= 0.3 is 0 Å². The van der Waals surface area contributed by atoms with E-state index in [0.29, 0.717) is 5.41 Å². The summed E-state index contributed by atoms with van der Waals surface area (Å²) in [4.78, 5) is 5.43. The molecule has 2 aliphatic heterocycles. The van der Waals surface area contributed by atoms with Crippen molar-refractivity contribution in [1.29, 1.82) is 0 Å². The Bertz CT molecular complexity index is 290. The lowest BCUT2D eigenvalue weighted by molar-refractivity contribution is 0.0566. The predicted molar refractivity (Wildman–Crippen MR) is 82.1 cm³/mol. The van der Waals surface area contributed by atoms with Crippen LogP contribution in [-0.4, -0.2) is 75.4 Å². The number of rotatable bonds is 5. The van der Waals surface area contributed by atoms with Crippen molar-refractivity contribution < 1.29 is 4.74 Å². The molecule has 3 rings (SSSR count). The first-order valence-electron chi connectivity index (χ1n) is 8.50. The van der Waals surface area contributed by atoms with Gasteiger partial charge in [0.1, 0.15) is 0 Å². The van der Waals surface area contributed by atoms with Crippen LogP contribution in [0.4, 0.5) is 0 Å². The van der Waals surface area contributed by atoms with Crippen molar-refractivity contribution in [3.05, 3.63) is 0 Å². The van der Waals surface area contributed by atoms with Crippen molar-refractivity contribution in [3.63, 3.8) is 0 Å². The molecule has 1 aliphatic carbocycles. The molecule has 1 saturated carbocycles. The molecule has 2 heterocycles. The number of nitrogens with one attached hydrogen (secondary N) is 1. The van der Waals surface area contributed by atoms with Crippen molar-refractivity contribution in [2.75, 3.05) is 59.5 Å². The maximum absolute atomic E-state index is 5.68. The second kappa shape index (κ2) is 6.73. The summed E-state index contributed by atoms with van der Waals surface area (Å²) in [6, 6.07) is 0.901. The van der Waals surface area contributed by atoms with Gasteiger partial charge in [-0.15, -0.1) is 0 Å². The third-order valence-corrected chi connectivity index (χ3v) is 5.54. The molecule has 4 heteroatoms. The van der Waals surface area contributed by atoms with Crippen LogP contribution in [0.15, 0.2) is 0 Å². The summed E-state index contributed by atoms with van der Waals surface area (Å²) in [5.41, 5.74) is 0.365. The van der Waals surface area contributed by atoms with Crippen LogP contribution in [0.1, 0.15) is 32.1 Å². The Morgan fingerprint density at radius 3 is 2.50 bits per heavy atom. The van der Waals surface area contributed by atoms with Gasteiger partial charge in [-0.1, -0.05) is 12.8 Å². The van der Waals surface area contributed by atoms with E-state index in [1.54, 1.807) is 0 Å². The Morgan fingerprint density at radius 2 is 1.90 bits per heavy atom. The van der Waals surface area contributed by atoms with Gasteiger partial charge in [0.2, 0.25) is 0 Å². The number of piperazine rings is 1. The monoisotopic (exact) mass is 281 g/mol. The predicted octanol–water partition coefficient (Wildman–Crippen LogP) is 1.17. The van der Waals surface area contributed by atoms with Gasteiger partial charge < -0.3 is 15.0 Å². The molecule has 1 unspecified atom stereocenters. The number of hydrogen-bond acceptors (Lipinski definition) is 4. The van der Waals surface area contributed by atoms with Crippen LogP contribution in [0.5, 0.6) is 0 Å². The molecule has 20 heavy (non-hydrogen) atoms. The lowest BCUT2D eigenvalue weighted by atomic mass is 9.86. The molecular formula is C16H31N3O. The maximum Gasteiger partial charge on any atom is 0.0547 e. The maximum atomic E-state index is 5.68. The van der Waals surface area contributed by atoms with Crippen molar-refractivity contribution in [1.82, 2.24) is 15.1 Å². The molecule has 0 bridgehead atoms.